The van der Waals surface area contributed by atoms with Gasteiger partial charge in [-0.3, -0.25) is 4.79 Å². The number of aryl methyl sites for hydroxylation is 1. The lowest BCUT2D eigenvalue weighted by Gasteiger charge is -2.28. The van der Waals surface area contributed by atoms with Crippen molar-refractivity contribution in [1.29, 1.82) is 0 Å². The van der Waals surface area contributed by atoms with Crippen LogP contribution in [0.3, 0.4) is 0 Å². The van der Waals surface area contributed by atoms with Crippen molar-refractivity contribution < 1.29 is 9.53 Å². The molecule has 0 unspecified atom stereocenters. The molecule has 2 aromatic rings. The lowest BCUT2D eigenvalue weighted by molar-refractivity contribution is 0.0735. The number of rotatable bonds is 4. The standard InChI is InChI=1S/C19H22N2O2/c1-15-13-17(23-14-16-5-3-2-4-6-16)7-8-18(15)19(22)21-11-9-20-10-12-21/h2-8,13,20H,9-12,14H2,1H3. The van der Waals surface area contributed by atoms with Crippen molar-refractivity contribution in [3.63, 3.8) is 0 Å². The maximum absolute atomic E-state index is 12.6. The average Bonchev–Trinajstić information content (AvgIpc) is 2.61. The molecule has 1 amide bonds. The van der Waals surface area contributed by atoms with Gasteiger partial charge in [0.2, 0.25) is 0 Å². The van der Waals surface area contributed by atoms with Crippen LogP contribution < -0.4 is 10.1 Å². The van der Waals surface area contributed by atoms with Crippen LogP contribution in [0.4, 0.5) is 0 Å². The molecule has 4 heteroatoms. The molecule has 0 saturated carbocycles. The summed E-state index contributed by atoms with van der Waals surface area (Å²) in [6.45, 7) is 5.76. The molecule has 0 aliphatic carbocycles. The summed E-state index contributed by atoms with van der Waals surface area (Å²) in [5, 5.41) is 3.26. The molecule has 1 N–H and O–H groups in total. The summed E-state index contributed by atoms with van der Waals surface area (Å²) in [4.78, 5) is 14.5. The molecule has 1 fully saturated rings. The first-order valence-corrected chi connectivity index (χ1v) is 8.01. The van der Waals surface area contributed by atoms with Crippen LogP contribution in [0.5, 0.6) is 5.75 Å². The van der Waals surface area contributed by atoms with Gasteiger partial charge in [0, 0.05) is 31.7 Å². The Labute approximate surface area is 137 Å². The maximum atomic E-state index is 12.6. The van der Waals surface area contributed by atoms with Gasteiger partial charge in [-0.25, -0.2) is 0 Å². The monoisotopic (exact) mass is 310 g/mol. The van der Waals surface area contributed by atoms with Gasteiger partial charge in [-0.1, -0.05) is 30.3 Å². The van der Waals surface area contributed by atoms with Crippen molar-refractivity contribution in [1.82, 2.24) is 10.2 Å². The minimum absolute atomic E-state index is 0.110. The molecule has 0 aromatic heterocycles. The van der Waals surface area contributed by atoms with E-state index >= 15 is 0 Å². The lowest BCUT2D eigenvalue weighted by atomic mass is 10.1. The SMILES string of the molecule is Cc1cc(OCc2ccccc2)ccc1C(=O)N1CCNCC1. The number of carbonyl (C=O) groups is 1. The van der Waals surface area contributed by atoms with E-state index in [9.17, 15) is 4.79 Å². The van der Waals surface area contributed by atoms with Crippen LogP contribution >= 0.6 is 0 Å². The van der Waals surface area contributed by atoms with Gasteiger partial charge in [-0.05, 0) is 36.2 Å². The van der Waals surface area contributed by atoms with E-state index in [0.29, 0.717) is 6.61 Å². The molecule has 1 heterocycles. The number of hydrogen-bond acceptors (Lipinski definition) is 3. The minimum Gasteiger partial charge on any atom is -0.489 e. The van der Waals surface area contributed by atoms with Gasteiger partial charge in [0.05, 0.1) is 0 Å². The van der Waals surface area contributed by atoms with E-state index in [2.05, 4.69) is 5.32 Å². The summed E-state index contributed by atoms with van der Waals surface area (Å²) in [5.74, 6) is 0.904. The number of benzene rings is 2. The fraction of sp³-hybridized carbons (Fsp3) is 0.316. The molecule has 2 aromatic carbocycles. The first-order valence-electron chi connectivity index (χ1n) is 8.01. The van der Waals surface area contributed by atoms with E-state index in [1.807, 2.05) is 60.4 Å². The van der Waals surface area contributed by atoms with Crippen LogP contribution in [0.25, 0.3) is 0 Å². The van der Waals surface area contributed by atoms with E-state index in [0.717, 1.165) is 48.6 Å². The molecule has 3 rings (SSSR count). The first kappa shape index (κ1) is 15.6. The Kier molecular flexibility index (Phi) is 4.93. The zero-order valence-electron chi connectivity index (χ0n) is 13.4. The Morgan fingerprint density at radius 3 is 2.57 bits per heavy atom. The van der Waals surface area contributed by atoms with Crippen LogP contribution in [0.2, 0.25) is 0 Å². The molecule has 4 nitrogen and oxygen atoms in total. The molecule has 0 spiro atoms. The summed E-state index contributed by atoms with van der Waals surface area (Å²) < 4.78 is 5.82. The predicted octanol–water partition coefficient (Wildman–Crippen LogP) is 2.62. The highest BCUT2D eigenvalue weighted by Crippen LogP contribution is 2.20. The van der Waals surface area contributed by atoms with Crippen LogP contribution in [0, 0.1) is 6.92 Å². The Morgan fingerprint density at radius 1 is 1.13 bits per heavy atom. The quantitative estimate of drug-likeness (QED) is 0.944. The molecular weight excluding hydrogens is 288 g/mol. The largest absolute Gasteiger partial charge is 0.489 e. The zero-order chi connectivity index (χ0) is 16.1. The van der Waals surface area contributed by atoms with Crippen molar-refractivity contribution in [3.8, 4) is 5.75 Å². The second-order valence-electron chi connectivity index (χ2n) is 5.79. The highest BCUT2D eigenvalue weighted by atomic mass is 16.5. The average molecular weight is 310 g/mol. The van der Waals surface area contributed by atoms with E-state index in [1.165, 1.54) is 0 Å². The van der Waals surface area contributed by atoms with Gasteiger partial charge >= 0.3 is 0 Å². The predicted molar refractivity (Wildman–Crippen MR) is 90.7 cm³/mol. The summed E-state index contributed by atoms with van der Waals surface area (Å²) in [5.41, 5.74) is 2.85. The molecule has 1 aliphatic heterocycles. The molecule has 1 aliphatic rings. The highest BCUT2D eigenvalue weighted by molar-refractivity contribution is 5.95. The summed E-state index contributed by atoms with van der Waals surface area (Å²) in [6.07, 6.45) is 0. The molecule has 0 bridgehead atoms. The zero-order valence-corrected chi connectivity index (χ0v) is 13.4. The fourth-order valence-electron chi connectivity index (χ4n) is 2.75. The number of ether oxygens (including phenoxy) is 1. The van der Waals surface area contributed by atoms with Crippen LogP contribution in [-0.2, 0) is 6.61 Å². The minimum atomic E-state index is 0.110. The molecule has 120 valence electrons. The fourth-order valence-corrected chi connectivity index (χ4v) is 2.75. The number of hydrogen-bond donors (Lipinski definition) is 1. The highest BCUT2D eigenvalue weighted by Gasteiger charge is 2.19. The maximum Gasteiger partial charge on any atom is 0.254 e. The third kappa shape index (κ3) is 3.90. The van der Waals surface area contributed by atoms with E-state index in [-0.39, 0.29) is 5.91 Å². The second kappa shape index (κ2) is 7.29. The molecule has 23 heavy (non-hydrogen) atoms. The van der Waals surface area contributed by atoms with Crippen molar-refractivity contribution in [2.45, 2.75) is 13.5 Å². The van der Waals surface area contributed by atoms with Gasteiger partial charge in [-0.2, -0.15) is 0 Å². The number of amides is 1. The normalized spacial score (nSPS) is 14.6. The Balaban J connectivity index is 1.66. The van der Waals surface area contributed by atoms with E-state index in [4.69, 9.17) is 4.74 Å². The van der Waals surface area contributed by atoms with Gasteiger partial charge in [-0.15, -0.1) is 0 Å². The summed E-state index contributed by atoms with van der Waals surface area (Å²) >= 11 is 0. The topological polar surface area (TPSA) is 41.6 Å². The van der Waals surface area contributed by atoms with Gasteiger partial charge in [0.25, 0.3) is 5.91 Å². The van der Waals surface area contributed by atoms with Gasteiger partial charge in [0.1, 0.15) is 12.4 Å². The van der Waals surface area contributed by atoms with Crippen molar-refractivity contribution in [3.05, 3.63) is 65.2 Å². The second-order valence-corrected chi connectivity index (χ2v) is 5.79. The van der Waals surface area contributed by atoms with Gasteiger partial charge < -0.3 is 15.0 Å². The Bertz CT molecular complexity index is 664. The number of piperazine rings is 1. The van der Waals surface area contributed by atoms with Crippen molar-refractivity contribution >= 4 is 5.91 Å². The third-order valence-corrected chi connectivity index (χ3v) is 4.08. The number of nitrogens with one attached hydrogen (secondary N) is 1. The van der Waals surface area contributed by atoms with Crippen LogP contribution in [0.1, 0.15) is 21.5 Å². The summed E-state index contributed by atoms with van der Waals surface area (Å²) in [6, 6.07) is 15.8. The first-order chi connectivity index (χ1) is 11.2. The number of nitrogens with zero attached hydrogens (tertiary/aromatic N) is 1. The smallest absolute Gasteiger partial charge is 0.254 e. The lowest BCUT2D eigenvalue weighted by Crippen LogP contribution is -2.46. The number of carbonyl (C=O) groups excluding carboxylic acids is 1. The molecule has 0 radical (unpaired) electrons. The van der Waals surface area contributed by atoms with Crippen LogP contribution in [0.15, 0.2) is 48.5 Å². The van der Waals surface area contributed by atoms with E-state index in [1.54, 1.807) is 0 Å². The Morgan fingerprint density at radius 2 is 1.87 bits per heavy atom. The molecule has 0 atom stereocenters. The van der Waals surface area contributed by atoms with Gasteiger partial charge in [0.15, 0.2) is 0 Å². The van der Waals surface area contributed by atoms with E-state index < -0.39 is 0 Å². The molecular formula is C19H22N2O2. The van der Waals surface area contributed by atoms with Crippen molar-refractivity contribution in [2.24, 2.45) is 0 Å². The van der Waals surface area contributed by atoms with Crippen molar-refractivity contribution in [2.75, 3.05) is 26.2 Å². The Hall–Kier alpha value is -2.33. The molecule has 1 saturated heterocycles. The summed E-state index contributed by atoms with van der Waals surface area (Å²) in [7, 11) is 0. The van der Waals surface area contributed by atoms with Crippen LogP contribution in [-0.4, -0.2) is 37.0 Å². The third-order valence-electron chi connectivity index (χ3n) is 4.08.